The van der Waals surface area contributed by atoms with Gasteiger partial charge in [-0.1, -0.05) is 91.0 Å². The van der Waals surface area contributed by atoms with Gasteiger partial charge in [-0.3, -0.25) is 4.79 Å². The molecule has 0 saturated carbocycles. The summed E-state index contributed by atoms with van der Waals surface area (Å²) in [6.07, 6.45) is 0. The van der Waals surface area contributed by atoms with Crippen molar-refractivity contribution in [2.45, 2.75) is 18.3 Å². The Hall–Kier alpha value is -4.31. The van der Waals surface area contributed by atoms with E-state index in [0.717, 1.165) is 32.7 Å². The Kier molecular flexibility index (Phi) is 4.96. The number of ether oxygens (including phenoxy) is 2. The molecule has 0 amide bonds. The van der Waals surface area contributed by atoms with Crippen molar-refractivity contribution in [3.63, 3.8) is 0 Å². The summed E-state index contributed by atoms with van der Waals surface area (Å²) in [5.41, 5.74) is 1.32. The molecule has 1 unspecified atom stereocenters. The fourth-order valence-electron chi connectivity index (χ4n) is 5.43. The van der Waals surface area contributed by atoms with E-state index in [1.165, 1.54) is 0 Å². The van der Waals surface area contributed by atoms with E-state index in [1.807, 2.05) is 61.5 Å². The number of hydrogen-bond donors (Lipinski definition) is 1. The predicted molar refractivity (Wildman–Crippen MR) is 137 cm³/mol. The average Bonchev–Trinajstić information content (AvgIpc) is 3.37. The number of hydrogen-bond acceptors (Lipinski definition) is 3. The number of carboxylic acid groups (broad SMARTS) is 1. The monoisotopic (exact) mass is 460 g/mol. The fraction of sp³-hybridized carbons (Fsp3) is 0.129. The first-order chi connectivity index (χ1) is 17.1. The van der Waals surface area contributed by atoms with Crippen molar-refractivity contribution in [1.82, 2.24) is 0 Å². The molecule has 1 N–H and O–H groups in total. The van der Waals surface area contributed by atoms with Gasteiger partial charge in [0.25, 0.3) is 0 Å². The van der Waals surface area contributed by atoms with Crippen molar-refractivity contribution in [2.24, 2.45) is 0 Å². The van der Waals surface area contributed by atoms with E-state index in [-0.39, 0.29) is 6.79 Å². The maximum atomic E-state index is 13.3. The largest absolute Gasteiger partial charge is 0.481 e. The van der Waals surface area contributed by atoms with Crippen molar-refractivity contribution in [2.75, 3.05) is 6.79 Å². The molecule has 5 aromatic carbocycles. The van der Waals surface area contributed by atoms with Gasteiger partial charge in [-0.05, 0) is 57.3 Å². The maximum absolute atomic E-state index is 13.3. The second-order valence-electron chi connectivity index (χ2n) is 9.15. The molecule has 0 radical (unpaired) electrons. The Labute approximate surface area is 203 Å². The van der Waals surface area contributed by atoms with Gasteiger partial charge in [0.05, 0.1) is 0 Å². The van der Waals surface area contributed by atoms with Crippen molar-refractivity contribution in [3.05, 3.63) is 120 Å². The molecule has 4 nitrogen and oxygen atoms in total. The van der Waals surface area contributed by atoms with Crippen molar-refractivity contribution >= 4 is 27.5 Å². The highest BCUT2D eigenvalue weighted by atomic mass is 16.7. The summed E-state index contributed by atoms with van der Waals surface area (Å²) >= 11 is 0. The Morgan fingerprint density at radius 3 is 1.89 bits per heavy atom. The molecule has 0 saturated heterocycles. The lowest BCUT2D eigenvalue weighted by molar-refractivity contribution is -0.143. The van der Waals surface area contributed by atoms with Crippen molar-refractivity contribution in [1.29, 1.82) is 0 Å². The lowest BCUT2D eigenvalue weighted by Crippen LogP contribution is -2.39. The number of carboxylic acids is 1. The molecule has 0 aliphatic carbocycles. The molecule has 1 heterocycles. The van der Waals surface area contributed by atoms with Crippen LogP contribution in [-0.2, 0) is 10.2 Å². The van der Waals surface area contributed by atoms with Gasteiger partial charge in [0.1, 0.15) is 5.41 Å². The first-order valence-corrected chi connectivity index (χ1v) is 11.7. The summed E-state index contributed by atoms with van der Waals surface area (Å²) < 4.78 is 11.1. The first-order valence-electron chi connectivity index (χ1n) is 11.7. The number of benzene rings is 5. The van der Waals surface area contributed by atoms with Crippen molar-refractivity contribution in [3.8, 4) is 11.5 Å². The van der Waals surface area contributed by atoms with E-state index in [2.05, 4.69) is 48.5 Å². The number of fused-ring (bicyclic) bond motifs is 3. The Morgan fingerprint density at radius 2 is 1.29 bits per heavy atom. The SMILES string of the molecule is CC(C(=O)O)(c1ccc2c(c1)OCO2)C(c1cccc2ccccc12)c1cccc2ccccc12. The Balaban J connectivity index is 1.70. The minimum absolute atomic E-state index is 0.138. The third kappa shape index (κ3) is 3.33. The van der Waals surface area contributed by atoms with E-state index < -0.39 is 17.3 Å². The molecule has 4 heteroatoms. The topological polar surface area (TPSA) is 55.8 Å². The Morgan fingerprint density at radius 1 is 0.743 bits per heavy atom. The molecule has 5 aromatic rings. The van der Waals surface area contributed by atoms with Crippen LogP contribution in [0.5, 0.6) is 11.5 Å². The third-order valence-corrected chi connectivity index (χ3v) is 7.26. The van der Waals surface area contributed by atoms with Crippen LogP contribution in [-0.4, -0.2) is 17.9 Å². The maximum Gasteiger partial charge on any atom is 0.314 e. The highest BCUT2D eigenvalue weighted by Crippen LogP contribution is 2.49. The zero-order chi connectivity index (χ0) is 24.0. The molecule has 0 spiro atoms. The summed E-state index contributed by atoms with van der Waals surface area (Å²) in [6.45, 7) is 1.96. The standard InChI is InChI=1S/C31H24O4/c1-31(30(32)33,22-16-17-27-28(18-22)35-19-34-27)29(25-14-6-10-20-8-2-4-12-23(20)25)26-15-7-11-21-9-3-5-13-24(21)26/h2-18,29H,19H2,1H3,(H,32,33). The van der Waals surface area contributed by atoms with Gasteiger partial charge in [0.2, 0.25) is 6.79 Å². The fourth-order valence-corrected chi connectivity index (χ4v) is 5.43. The minimum atomic E-state index is -1.30. The van der Waals surface area contributed by atoms with E-state index in [1.54, 1.807) is 0 Å². The molecular formula is C31H24O4. The van der Waals surface area contributed by atoms with Crippen LogP contribution in [0.1, 0.15) is 29.5 Å². The van der Waals surface area contributed by atoms with Gasteiger partial charge in [-0.25, -0.2) is 0 Å². The lowest BCUT2D eigenvalue weighted by atomic mass is 9.64. The van der Waals surface area contributed by atoms with Crippen LogP contribution in [0.25, 0.3) is 21.5 Å². The zero-order valence-electron chi connectivity index (χ0n) is 19.3. The van der Waals surface area contributed by atoms with Gasteiger partial charge in [0.15, 0.2) is 11.5 Å². The molecule has 35 heavy (non-hydrogen) atoms. The van der Waals surface area contributed by atoms with Gasteiger partial charge in [-0.2, -0.15) is 0 Å². The van der Waals surface area contributed by atoms with Crippen LogP contribution in [0.3, 0.4) is 0 Å². The second kappa shape index (κ2) is 8.17. The summed E-state index contributed by atoms with van der Waals surface area (Å²) in [4.78, 5) is 13.3. The van der Waals surface area contributed by atoms with Gasteiger partial charge < -0.3 is 14.6 Å². The van der Waals surface area contributed by atoms with Crippen LogP contribution in [0, 0.1) is 0 Å². The predicted octanol–water partition coefficient (Wildman–Crippen LogP) is 6.90. The van der Waals surface area contributed by atoms with Gasteiger partial charge >= 0.3 is 5.97 Å². The highest BCUT2D eigenvalue weighted by molar-refractivity contribution is 5.94. The summed E-state index contributed by atoms with van der Waals surface area (Å²) in [5, 5.41) is 15.1. The van der Waals surface area contributed by atoms with Crippen LogP contribution in [0.4, 0.5) is 0 Å². The quantitative estimate of drug-likeness (QED) is 0.310. The number of rotatable bonds is 5. The van der Waals surface area contributed by atoms with Gasteiger partial charge in [-0.15, -0.1) is 0 Å². The molecule has 1 atom stereocenters. The van der Waals surface area contributed by atoms with Crippen molar-refractivity contribution < 1.29 is 19.4 Å². The number of carbonyl (C=O) groups is 1. The lowest BCUT2D eigenvalue weighted by Gasteiger charge is -2.36. The first kappa shape index (κ1) is 21.2. The summed E-state index contributed by atoms with van der Waals surface area (Å²) in [7, 11) is 0. The van der Waals surface area contributed by atoms with Gasteiger partial charge in [0, 0.05) is 5.92 Å². The molecule has 1 aliphatic heterocycles. The summed E-state index contributed by atoms with van der Waals surface area (Å²) in [5.74, 6) is -0.169. The van der Waals surface area contributed by atoms with E-state index in [4.69, 9.17) is 9.47 Å². The molecule has 6 rings (SSSR count). The van der Waals surface area contributed by atoms with E-state index in [9.17, 15) is 9.90 Å². The molecular weight excluding hydrogens is 436 g/mol. The highest BCUT2D eigenvalue weighted by Gasteiger charge is 2.46. The van der Waals surface area contributed by atoms with E-state index in [0.29, 0.717) is 17.1 Å². The molecule has 172 valence electrons. The average molecular weight is 461 g/mol. The molecule has 0 fully saturated rings. The Bertz CT molecular complexity index is 1500. The van der Waals surface area contributed by atoms with E-state index >= 15 is 0 Å². The van der Waals surface area contributed by atoms with Crippen LogP contribution in [0.15, 0.2) is 103 Å². The number of aliphatic carboxylic acids is 1. The molecule has 0 aromatic heterocycles. The van der Waals surface area contributed by atoms with Crippen LogP contribution < -0.4 is 9.47 Å². The smallest absolute Gasteiger partial charge is 0.314 e. The van der Waals surface area contributed by atoms with Crippen LogP contribution in [0.2, 0.25) is 0 Å². The summed E-state index contributed by atoms with van der Waals surface area (Å²) in [6, 6.07) is 34.1. The zero-order valence-corrected chi connectivity index (χ0v) is 19.3. The normalized spacial score (nSPS) is 14.3. The minimum Gasteiger partial charge on any atom is -0.481 e. The molecule has 1 aliphatic rings. The van der Waals surface area contributed by atoms with Crippen LogP contribution >= 0.6 is 0 Å². The molecule has 0 bridgehead atoms. The third-order valence-electron chi connectivity index (χ3n) is 7.26. The second-order valence-corrected chi connectivity index (χ2v) is 9.15.